The molecule has 0 saturated carbocycles. The van der Waals surface area contributed by atoms with Gasteiger partial charge in [0.15, 0.2) is 0 Å². The van der Waals surface area contributed by atoms with Gasteiger partial charge in [0.25, 0.3) is 0 Å². The van der Waals surface area contributed by atoms with E-state index in [4.69, 9.17) is 16.7 Å². The van der Waals surface area contributed by atoms with Gasteiger partial charge in [-0.15, -0.1) is 5.10 Å². The van der Waals surface area contributed by atoms with E-state index in [1.165, 1.54) is 11.8 Å². The van der Waals surface area contributed by atoms with Crippen molar-refractivity contribution in [2.45, 2.75) is 30.8 Å². The summed E-state index contributed by atoms with van der Waals surface area (Å²) in [6.45, 7) is 3.83. The van der Waals surface area contributed by atoms with Gasteiger partial charge in [0, 0.05) is 34.6 Å². The van der Waals surface area contributed by atoms with Gasteiger partial charge >= 0.3 is 0 Å². The maximum Gasteiger partial charge on any atom is 0.249 e. The summed E-state index contributed by atoms with van der Waals surface area (Å²) in [6.07, 6.45) is 3.44. The Hall–Kier alpha value is -3.49. The van der Waals surface area contributed by atoms with E-state index in [0.717, 1.165) is 22.4 Å². The number of carbonyl (C=O) groups excluding carboxylic acids is 1. The molecular weight excluding hydrogens is 480 g/mol. The van der Waals surface area contributed by atoms with Crippen LogP contribution in [0.5, 0.6) is 0 Å². The molecule has 2 unspecified atom stereocenters. The third kappa shape index (κ3) is 4.85. The molecule has 1 amide bonds. The number of carbonyl (C=O) groups is 1. The summed E-state index contributed by atoms with van der Waals surface area (Å²) in [5.74, 6) is 0.399. The van der Waals surface area contributed by atoms with Gasteiger partial charge in [0.2, 0.25) is 17.0 Å². The number of nitrogens with one attached hydrogen (secondary N) is 1. The number of aryl methyl sites for hydroxylation is 1. The van der Waals surface area contributed by atoms with Gasteiger partial charge in [-0.1, -0.05) is 59.8 Å². The molecular formula is C26H23ClN6OS. The predicted molar refractivity (Wildman–Crippen MR) is 139 cm³/mol. The highest BCUT2D eigenvalue weighted by atomic mass is 35.5. The zero-order valence-corrected chi connectivity index (χ0v) is 20.8. The molecule has 1 aliphatic rings. The summed E-state index contributed by atoms with van der Waals surface area (Å²) >= 11 is 7.80. The normalized spacial score (nSPS) is 16.9. The van der Waals surface area contributed by atoms with Crippen LogP contribution in [-0.2, 0) is 10.5 Å². The second-order valence-corrected chi connectivity index (χ2v) is 9.63. The molecule has 2 aromatic heterocycles. The molecule has 0 saturated heterocycles. The monoisotopic (exact) mass is 502 g/mol. The number of pyridine rings is 1. The Kier molecular flexibility index (Phi) is 6.66. The molecule has 9 heteroatoms. The number of anilines is 1. The summed E-state index contributed by atoms with van der Waals surface area (Å²) in [7, 11) is 0. The number of hydrogen-bond donors (Lipinski definition) is 1. The van der Waals surface area contributed by atoms with Crippen LogP contribution in [0.2, 0.25) is 5.02 Å². The van der Waals surface area contributed by atoms with Crippen molar-refractivity contribution in [3.63, 3.8) is 0 Å². The molecule has 0 fully saturated rings. The Bertz CT molecular complexity index is 1400. The minimum Gasteiger partial charge on any atom is -0.325 e. The molecule has 1 aliphatic heterocycles. The van der Waals surface area contributed by atoms with Crippen LogP contribution in [0.25, 0.3) is 0 Å². The number of para-hydroxylation sites is 1. The molecule has 0 bridgehead atoms. The molecule has 2 aromatic carbocycles. The van der Waals surface area contributed by atoms with Crippen LogP contribution >= 0.6 is 23.4 Å². The molecule has 1 N–H and O–H groups in total. The van der Waals surface area contributed by atoms with Crippen LogP contribution in [0.1, 0.15) is 29.7 Å². The van der Waals surface area contributed by atoms with Crippen molar-refractivity contribution in [1.29, 1.82) is 0 Å². The summed E-state index contributed by atoms with van der Waals surface area (Å²) in [4.78, 5) is 27.1. The number of halogens is 1. The third-order valence-electron chi connectivity index (χ3n) is 5.95. The lowest BCUT2D eigenvalue weighted by atomic mass is 9.88. The number of aliphatic imine (C=N–C) groups is 1. The van der Waals surface area contributed by atoms with Crippen molar-refractivity contribution >= 4 is 46.6 Å². The van der Waals surface area contributed by atoms with Crippen LogP contribution < -0.4 is 5.32 Å². The number of aromatic nitrogens is 4. The number of hydrogen-bond acceptors (Lipinski definition) is 6. The van der Waals surface area contributed by atoms with E-state index in [1.807, 2.05) is 74.5 Å². The van der Waals surface area contributed by atoms with Gasteiger partial charge in [-0.25, -0.2) is 9.67 Å². The Morgan fingerprint density at radius 1 is 1.06 bits per heavy atom. The zero-order valence-electron chi connectivity index (χ0n) is 19.2. The van der Waals surface area contributed by atoms with Gasteiger partial charge in [0.1, 0.15) is 5.92 Å². The number of benzene rings is 2. The molecule has 0 spiro atoms. The van der Waals surface area contributed by atoms with E-state index in [9.17, 15) is 4.79 Å². The fourth-order valence-electron chi connectivity index (χ4n) is 4.13. The molecule has 2 atom stereocenters. The van der Waals surface area contributed by atoms with Crippen molar-refractivity contribution in [2.75, 3.05) is 5.32 Å². The van der Waals surface area contributed by atoms with Gasteiger partial charge in [-0.3, -0.25) is 9.78 Å². The summed E-state index contributed by atoms with van der Waals surface area (Å²) in [5, 5.41) is 9.13. The number of amides is 1. The lowest BCUT2D eigenvalue weighted by Gasteiger charge is -2.30. The number of nitrogens with zero attached hydrogens (tertiary/aromatic N) is 5. The van der Waals surface area contributed by atoms with Gasteiger partial charge < -0.3 is 5.32 Å². The molecule has 35 heavy (non-hydrogen) atoms. The van der Waals surface area contributed by atoms with Crippen LogP contribution in [0.15, 0.2) is 83.2 Å². The Morgan fingerprint density at radius 2 is 1.80 bits per heavy atom. The number of fused-ring (bicyclic) bond motifs is 1. The maximum atomic E-state index is 13.6. The Morgan fingerprint density at radius 3 is 2.57 bits per heavy atom. The second kappa shape index (κ2) is 10.0. The van der Waals surface area contributed by atoms with E-state index in [2.05, 4.69) is 20.3 Å². The highest BCUT2D eigenvalue weighted by Gasteiger charge is 2.39. The minimum absolute atomic E-state index is 0.145. The van der Waals surface area contributed by atoms with E-state index >= 15 is 0 Å². The molecule has 176 valence electrons. The van der Waals surface area contributed by atoms with E-state index in [1.54, 1.807) is 17.1 Å². The lowest BCUT2D eigenvalue weighted by Crippen LogP contribution is -2.39. The second-order valence-electron chi connectivity index (χ2n) is 8.28. The quantitative estimate of drug-likeness (QED) is 0.333. The minimum atomic E-state index is -0.562. The summed E-state index contributed by atoms with van der Waals surface area (Å²) < 4.78 is 1.75. The fraction of sp³-hybridized carbons (Fsp3) is 0.192. The first-order valence-corrected chi connectivity index (χ1v) is 12.5. The topological polar surface area (TPSA) is 85.1 Å². The highest BCUT2D eigenvalue weighted by Crippen LogP contribution is 2.37. The van der Waals surface area contributed by atoms with Gasteiger partial charge in [0.05, 0.1) is 6.04 Å². The third-order valence-corrected chi connectivity index (χ3v) is 7.20. The van der Waals surface area contributed by atoms with Crippen molar-refractivity contribution < 1.29 is 4.79 Å². The zero-order chi connectivity index (χ0) is 24.4. The molecule has 7 nitrogen and oxygen atoms in total. The Labute approximate surface area is 212 Å². The van der Waals surface area contributed by atoms with Crippen molar-refractivity contribution in [1.82, 2.24) is 19.7 Å². The van der Waals surface area contributed by atoms with E-state index < -0.39 is 12.0 Å². The van der Waals surface area contributed by atoms with Gasteiger partial charge in [-0.05, 0) is 54.8 Å². The van der Waals surface area contributed by atoms with Crippen LogP contribution in [0.4, 0.5) is 11.6 Å². The molecule has 0 radical (unpaired) electrons. The number of rotatable bonds is 6. The average Bonchev–Trinajstić information content (AvgIpc) is 3.27. The smallest absolute Gasteiger partial charge is 0.249 e. The van der Waals surface area contributed by atoms with E-state index in [0.29, 0.717) is 27.6 Å². The standard InChI is InChI=1S/C26H23ClN6OS/c1-16-7-3-6-10-21(16)30-24(34)22-17(2)29-25-31-26(35-15-19-8-4-5-9-20(19)27)32-33(25)23(22)18-11-13-28-14-12-18/h3-14,22-23H,15H2,1-2H3,(H,30,34). The Balaban J connectivity index is 1.48. The van der Waals surface area contributed by atoms with Crippen molar-refractivity contribution in [3.05, 3.63) is 94.8 Å². The first kappa shape index (κ1) is 23.3. The summed E-state index contributed by atoms with van der Waals surface area (Å²) in [5.41, 5.74) is 4.37. The first-order chi connectivity index (χ1) is 17.0. The van der Waals surface area contributed by atoms with Crippen molar-refractivity contribution in [2.24, 2.45) is 10.9 Å². The molecule has 0 aliphatic carbocycles. The molecule has 5 rings (SSSR count). The SMILES string of the molecule is CC1=Nc2nc(SCc3ccccc3Cl)nn2C(c2ccncc2)C1C(=O)Nc1ccccc1C. The van der Waals surface area contributed by atoms with E-state index in [-0.39, 0.29) is 5.91 Å². The van der Waals surface area contributed by atoms with Crippen LogP contribution in [0, 0.1) is 12.8 Å². The fourth-order valence-corrected chi connectivity index (χ4v) is 5.24. The number of thioether (sulfide) groups is 1. The predicted octanol–water partition coefficient (Wildman–Crippen LogP) is 5.88. The largest absolute Gasteiger partial charge is 0.325 e. The maximum absolute atomic E-state index is 13.6. The first-order valence-electron chi connectivity index (χ1n) is 11.2. The lowest BCUT2D eigenvalue weighted by molar-refractivity contribution is -0.118. The highest BCUT2D eigenvalue weighted by molar-refractivity contribution is 7.98. The summed E-state index contributed by atoms with van der Waals surface area (Å²) in [6, 6.07) is 18.8. The molecule has 4 aromatic rings. The van der Waals surface area contributed by atoms with Crippen LogP contribution in [-0.4, -0.2) is 31.4 Å². The molecule has 3 heterocycles. The van der Waals surface area contributed by atoms with Crippen molar-refractivity contribution in [3.8, 4) is 0 Å². The van der Waals surface area contributed by atoms with Gasteiger partial charge in [-0.2, -0.15) is 4.98 Å². The van der Waals surface area contributed by atoms with Crippen LogP contribution in [0.3, 0.4) is 0 Å². The average molecular weight is 503 g/mol.